The van der Waals surface area contributed by atoms with E-state index in [0.717, 1.165) is 0 Å². The summed E-state index contributed by atoms with van der Waals surface area (Å²) >= 11 is 0. The second-order valence-electron chi connectivity index (χ2n) is 6.52. The van der Waals surface area contributed by atoms with Gasteiger partial charge in [-0.25, -0.2) is 4.39 Å². The predicted molar refractivity (Wildman–Crippen MR) is 101 cm³/mol. The molecule has 146 valence electrons. The van der Waals surface area contributed by atoms with Crippen molar-refractivity contribution >= 4 is 23.0 Å². The van der Waals surface area contributed by atoms with E-state index in [1.165, 1.54) is 20.3 Å². The number of hydrogen-bond acceptors (Lipinski definition) is 6. The van der Waals surface area contributed by atoms with Crippen molar-refractivity contribution in [3.63, 3.8) is 0 Å². The van der Waals surface area contributed by atoms with Crippen molar-refractivity contribution in [2.24, 2.45) is 0 Å². The van der Waals surface area contributed by atoms with Crippen molar-refractivity contribution in [3.8, 4) is 11.5 Å². The number of fused-ring (bicyclic) bond motifs is 1. The van der Waals surface area contributed by atoms with Gasteiger partial charge in [-0.15, -0.1) is 0 Å². The molecular formula is C20H20FN3O4. The lowest BCUT2D eigenvalue weighted by Gasteiger charge is -2.20. The van der Waals surface area contributed by atoms with E-state index >= 15 is 0 Å². The van der Waals surface area contributed by atoms with Crippen LogP contribution in [-0.4, -0.2) is 49.1 Å². The zero-order valence-electron chi connectivity index (χ0n) is 15.6. The Morgan fingerprint density at radius 3 is 2.61 bits per heavy atom. The maximum atomic E-state index is 13.8. The molecule has 8 heteroatoms. The Labute approximate surface area is 161 Å². The highest BCUT2D eigenvalue weighted by Crippen LogP contribution is 2.31. The molecule has 1 aliphatic rings. The summed E-state index contributed by atoms with van der Waals surface area (Å²) in [5.74, 6) is 0.341. The van der Waals surface area contributed by atoms with Crippen molar-refractivity contribution in [1.82, 2.24) is 9.88 Å². The summed E-state index contributed by atoms with van der Waals surface area (Å²) in [6, 6.07) is 10.00. The number of carbonyl (C=O) groups excluding carboxylic acids is 1. The first kappa shape index (κ1) is 18.1. The number of nitrogens with zero attached hydrogens (tertiary/aromatic N) is 2. The Balaban J connectivity index is 1.49. The van der Waals surface area contributed by atoms with Crippen LogP contribution in [0.1, 0.15) is 16.8 Å². The molecule has 2 heterocycles. The van der Waals surface area contributed by atoms with Gasteiger partial charge < -0.3 is 24.1 Å². The smallest absolute Gasteiger partial charge is 0.296 e. The minimum absolute atomic E-state index is 0.0548. The van der Waals surface area contributed by atoms with E-state index in [-0.39, 0.29) is 23.5 Å². The van der Waals surface area contributed by atoms with Gasteiger partial charge in [-0.1, -0.05) is 12.1 Å². The van der Waals surface area contributed by atoms with E-state index in [4.69, 9.17) is 13.9 Å². The number of aromatic nitrogens is 1. The van der Waals surface area contributed by atoms with E-state index < -0.39 is 5.82 Å². The van der Waals surface area contributed by atoms with Gasteiger partial charge in [-0.2, -0.15) is 4.98 Å². The van der Waals surface area contributed by atoms with E-state index in [2.05, 4.69) is 10.3 Å². The summed E-state index contributed by atoms with van der Waals surface area (Å²) < 4.78 is 30.0. The first-order valence-corrected chi connectivity index (χ1v) is 8.92. The lowest BCUT2D eigenvalue weighted by molar-refractivity contribution is 0.0784. The number of methoxy groups -OCH3 is 2. The van der Waals surface area contributed by atoms with Gasteiger partial charge in [0, 0.05) is 19.1 Å². The van der Waals surface area contributed by atoms with Crippen molar-refractivity contribution in [2.75, 3.05) is 32.6 Å². The van der Waals surface area contributed by atoms with Gasteiger partial charge in [0.2, 0.25) is 0 Å². The fourth-order valence-corrected chi connectivity index (χ4v) is 3.43. The molecule has 4 rings (SSSR count). The third-order valence-corrected chi connectivity index (χ3v) is 4.81. The van der Waals surface area contributed by atoms with Crippen LogP contribution in [-0.2, 0) is 0 Å². The van der Waals surface area contributed by atoms with Crippen molar-refractivity contribution in [2.45, 2.75) is 12.5 Å². The standard InChI is InChI=1S/C20H20FN3O4/c1-26-14-6-4-7-15(27-2)17(14)19(25)24-10-9-12(11-24)22-20-23-18-13(21)5-3-8-16(18)28-20/h3-8,12H,9-11H2,1-2H3,(H,22,23)/t12-/m1/s1. The zero-order chi connectivity index (χ0) is 19.7. The molecule has 0 unspecified atom stereocenters. The van der Waals surface area contributed by atoms with Gasteiger partial charge in [-0.05, 0) is 30.7 Å². The number of likely N-dealkylation sites (tertiary alicyclic amines) is 1. The molecule has 0 saturated carbocycles. The number of amides is 1. The minimum Gasteiger partial charge on any atom is -0.496 e. The highest BCUT2D eigenvalue weighted by molar-refractivity contribution is 6.00. The molecule has 0 radical (unpaired) electrons. The largest absolute Gasteiger partial charge is 0.496 e. The Morgan fingerprint density at radius 2 is 1.93 bits per heavy atom. The van der Waals surface area contributed by atoms with Gasteiger partial charge in [0.25, 0.3) is 11.9 Å². The molecule has 2 aromatic carbocycles. The second kappa shape index (κ2) is 7.38. The summed E-state index contributed by atoms with van der Waals surface area (Å²) in [7, 11) is 3.04. The minimum atomic E-state index is -0.430. The maximum absolute atomic E-state index is 13.8. The van der Waals surface area contributed by atoms with Gasteiger partial charge in [0.1, 0.15) is 22.6 Å². The average molecular weight is 385 g/mol. The first-order valence-electron chi connectivity index (χ1n) is 8.92. The predicted octanol–water partition coefficient (Wildman–Crippen LogP) is 3.31. The highest BCUT2D eigenvalue weighted by Gasteiger charge is 2.31. The topological polar surface area (TPSA) is 76.8 Å². The molecular weight excluding hydrogens is 365 g/mol. The number of para-hydroxylation sites is 1. The van der Waals surface area contributed by atoms with Crippen LogP contribution in [0.5, 0.6) is 11.5 Å². The number of anilines is 1. The molecule has 1 aliphatic heterocycles. The number of nitrogens with one attached hydrogen (secondary N) is 1. The summed E-state index contributed by atoms with van der Waals surface area (Å²) in [6.45, 7) is 1.02. The van der Waals surface area contributed by atoms with Crippen LogP contribution in [0.15, 0.2) is 40.8 Å². The van der Waals surface area contributed by atoms with Crippen LogP contribution in [0.3, 0.4) is 0 Å². The molecule has 0 aliphatic carbocycles. The molecule has 1 aromatic heterocycles. The number of halogens is 1. The monoisotopic (exact) mass is 385 g/mol. The maximum Gasteiger partial charge on any atom is 0.296 e. The van der Waals surface area contributed by atoms with Crippen LogP contribution >= 0.6 is 0 Å². The lowest BCUT2D eigenvalue weighted by atomic mass is 10.1. The van der Waals surface area contributed by atoms with Gasteiger partial charge in [0.05, 0.1) is 14.2 Å². The normalized spacial score (nSPS) is 16.4. The summed E-state index contributed by atoms with van der Waals surface area (Å²) in [5, 5.41) is 3.15. The van der Waals surface area contributed by atoms with E-state index in [0.29, 0.717) is 42.2 Å². The lowest BCUT2D eigenvalue weighted by Crippen LogP contribution is -2.32. The summed E-state index contributed by atoms with van der Waals surface area (Å²) in [4.78, 5) is 18.9. The number of oxazole rings is 1. The van der Waals surface area contributed by atoms with Crippen LogP contribution < -0.4 is 14.8 Å². The molecule has 1 fully saturated rings. The molecule has 3 aromatic rings. The fraction of sp³-hybridized carbons (Fsp3) is 0.300. The average Bonchev–Trinajstić information content (AvgIpc) is 3.34. The molecule has 0 spiro atoms. The SMILES string of the molecule is COc1cccc(OC)c1C(=O)N1CC[C@@H](Nc2nc3c(F)cccc3o2)C1. The highest BCUT2D eigenvalue weighted by atomic mass is 19.1. The fourth-order valence-electron chi connectivity index (χ4n) is 3.43. The molecule has 1 amide bonds. The van der Waals surface area contributed by atoms with Gasteiger partial charge >= 0.3 is 0 Å². The van der Waals surface area contributed by atoms with Crippen molar-refractivity contribution in [3.05, 3.63) is 47.8 Å². The third kappa shape index (κ3) is 3.21. The van der Waals surface area contributed by atoms with Crippen LogP contribution in [0.2, 0.25) is 0 Å². The Kier molecular flexibility index (Phi) is 4.77. The number of carbonyl (C=O) groups is 1. The third-order valence-electron chi connectivity index (χ3n) is 4.81. The van der Waals surface area contributed by atoms with Gasteiger partial charge in [-0.3, -0.25) is 4.79 Å². The molecule has 1 saturated heterocycles. The Hall–Kier alpha value is -3.29. The zero-order valence-corrected chi connectivity index (χ0v) is 15.6. The molecule has 28 heavy (non-hydrogen) atoms. The molecule has 1 atom stereocenters. The van der Waals surface area contributed by atoms with E-state index in [1.54, 1.807) is 35.2 Å². The first-order chi connectivity index (χ1) is 13.6. The number of benzene rings is 2. The van der Waals surface area contributed by atoms with Gasteiger partial charge in [0.15, 0.2) is 11.4 Å². The summed E-state index contributed by atoms with van der Waals surface area (Å²) in [5.41, 5.74) is 0.971. The van der Waals surface area contributed by atoms with Crippen LogP contribution in [0.4, 0.5) is 10.4 Å². The van der Waals surface area contributed by atoms with Crippen LogP contribution in [0, 0.1) is 5.82 Å². The molecule has 7 nitrogen and oxygen atoms in total. The van der Waals surface area contributed by atoms with Crippen LogP contribution in [0.25, 0.3) is 11.1 Å². The molecule has 0 bridgehead atoms. The molecule has 1 N–H and O–H groups in total. The Bertz CT molecular complexity index is 998. The quantitative estimate of drug-likeness (QED) is 0.726. The number of ether oxygens (including phenoxy) is 2. The summed E-state index contributed by atoms with van der Waals surface area (Å²) in [6.07, 6.45) is 0.713. The van der Waals surface area contributed by atoms with E-state index in [1.807, 2.05) is 0 Å². The second-order valence-corrected chi connectivity index (χ2v) is 6.52. The number of hydrogen-bond donors (Lipinski definition) is 1. The van der Waals surface area contributed by atoms with E-state index in [9.17, 15) is 9.18 Å². The number of rotatable bonds is 5. The van der Waals surface area contributed by atoms with Crippen molar-refractivity contribution in [1.29, 1.82) is 0 Å². The Morgan fingerprint density at radius 1 is 1.21 bits per heavy atom. The van der Waals surface area contributed by atoms with Crippen molar-refractivity contribution < 1.29 is 23.1 Å².